The third-order valence-electron chi connectivity index (χ3n) is 6.82. The predicted molar refractivity (Wildman–Crippen MR) is 128 cm³/mol. The van der Waals surface area contributed by atoms with Crippen molar-refractivity contribution in [3.05, 3.63) is 59.3 Å². The number of hydrogen-bond acceptors (Lipinski definition) is 6. The highest BCUT2D eigenvalue weighted by Crippen LogP contribution is 2.32. The molecule has 2 aromatic heterocycles. The molecular weight excluding hydrogens is 436 g/mol. The van der Waals surface area contributed by atoms with Gasteiger partial charge in [0.1, 0.15) is 28.4 Å². The number of benzene rings is 2. The Morgan fingerprint density at radius 2 is 1.82 bits per heavy atom. The van der Waals surface area contributed by atoms with Gasteiger partial charge in [0, 0.05) is 49.5 Å². The van der Waals surface area contributed by atoms with Crippen molar-refractivity contribution < 1.29 is 8.78 Å². The first-order chi connectivity index (χ1) is 16.6. The fraction of sp³-hybridized carbons (Fsp3) is 0.320. The van der Waals surface area contributed by atoms with Crippen molar-refractivity contribution in [3.8, 4) is 22.6 Å². The summed E-state index contributed by atoms with van der Waals surface area (Å²) in [4.78, 5) is 13.5. The topological polar surface area (TPSA) is 73.0 Å². The fourth-order valence-corrected chi connectivity index (χ4v) is 4.79. The van der Waals surface area contributed by atoms with Gasteiger partial charge in [-0.1, -0.05) is 12.1 Å². The Hall–Kier alpha value is -3.43. The van der Waals surface area contributed by atoms with Crippen molar-refractivity contribution >= 4 is 16.7 Å². The smallest absolute Gasteiger partial charge is 0.165 e. The zero-order valence-corrected chi connectivity index (χ0v) is 18.9. The van der Waals surface area contributed by atoms with Crippen molar-refractivity contribution in [3.63, 3.8) is 0 Å². The number of fused-ring (bicyclic) bond motifs is 2. The summed E-state index contributed by atoms with van der Waals surface area (Å²) in [5.41, 5.74) is 4.81. The van der Waals surface area contributed by atoms with Gasteiger partial charge in [0.05, 0.1) is 11.8 Å². The molecule has 34 heavy (non-hydrogen) atoms. The molecule has 0 amide bonds. The monoisotopic (exact) mass is 461 g/mol. The summed E-state index contributed by atoms with van der Waals surface area (Å²) in [6, 6.07) is 9.60. The first-order valence-electron chi connectivity index (χ1n) is 11.5. The third kappa shape index (κ3) is 3.61. The summed E-state index contributed by atoms with van der Waals surface area (Å²) in [7, 11) is 2.14. The first-order valence-corrected chi connectivity index (χ1v) is 11.5. The van der Waals surface area contributed by atoms with Crippen molar-refractivity contribution in [2.45, 2.75) is 13.0 Å². The van der Waals surface area contributed by atoms with E-state index in [0.29, 0.717) is 47.4 Å². The average molecular weight is 462 g/mol. The Bertz CT molecular complexity index is 1360. The van der Waals surface area contributed by atoms with E-state index in [0.717, 1.165) is 31.7 Å². The van der Waals surface area contributed by atoms with Gasteiger partial charge in [-0.3, -0.25) is 5.10 Å². The van der Waals surface area contributed by atoms with Gasteiger partial charge in [-0.2, -0.15) is 5.10 Å². The minimum absolute atomic E-state index is 0.0209. The minimum atomic E-state index is -0.640. The van der Waals surface area contributed by atoms with Gasteiger partial charge in [-0.05, 0) is 43.8 Å². The molecule has 6 rings (SSSR count). The van der Waals surface area contributed by atoms with Gasteiger partial charge in [0.2, 0.25) is 0 Å². The van der Waals surface area contributed by atoms with E-state index in [1.165, 1.54) is 18.0 Å². The second kappa shape index (κ2) is 8.41. The second-order valence-electron chi connectivity index (χ2n) is 8.98. The number of rotatable bonds is 3. The molecule has 0 radical (unpaired) electrons. The Morgan fingerprint density at radius 1 is 1.03 bits per heavy atom. The lowest BCUT2D eigenvalue weighted by molar-refractivity contribution is 0.313. The van der Waals surface area contributed by atoms with Crippen molar-refractivity contribution in [1.29, 1.82) is 0 Å². The number of halogens is 2. The molecular formula is C25H25F2N7. The lowest BCUT2D eigenvalue weighted by Gasteiger charge is -2.34. The molecule has 7 nitrogen and oxygen atoms in total. The van der Waals surface area contributed by atoms with Crippen LogP contribution in [0.3, 0.4) is 0 Å². The summed E-state index contributed by atoms with van der Waals surface area (Å²) in [6.07, 6.45) is 2.13. The number of nitrogens with zero attached hydrogens (tertiary/aromatic N) is 5. The van der Waals surface area contributed by atoms with E-state index in [1.807, 2.05) is 12.1 Å². The zero-order chi connectivity index (χ0) is 23.2. The molecule has 0 spiro atoms. The molecule has 2 aromatic carbocycles. The second-order valence-corrected chi connectivity index (χ2v) is 8.98. The Labute approximate surface area is 195 Å². The van der Waals surface area contributed by atoms with E-state index >= 15 is 4.39 Å². The lowest BCUT2D eigenvalue weighted by Crippen LogP contribution is -2.44. The number of anilines is 1. The van der Waals surface area contributed by atoms with Gasteiger partial charge in [-0.25, -0.2) is 18.7 Å². The number of aromatic amines is 1. The van der Waals surface area contributed by atoms with Crippen molar-refractivity contribution in [2.75, 3.05) is 44.7 Å². The van der Waals surface area contributed by atoms with Gasteiger partial charge in [-0.15, -0.1) is 0 Å². The highest BCUT2D eigenvalue weighted by molar-refractivity contribution is 5.90. The summed E-state index contributed by atoms with van der Waals surface area (Å²) in [5, 5.41) is 10.5. The minimum Gasteiger partial charge on any atom is -0.369 e. The van der Waals surface area contributed by atoms with Crippen LogP contribution >= 0.6 is 0 Å². The molecule has 9 heteroatoms. The molecule has 174 valence electrons. The molecule has 4 aromatic rings. The van der Waals surface area contributed by atoms with Crippen LogP contribution in [-0.2, 0) is 13.0 Å². The molecule has 0 bridgehead atoms. The van der Waals surface area contributed by atoms with Crippen LogP contribution in [0.5, 0.6) is 0 Å². The predicted octanol–water partition coefficient (Wildman–Crippen LogP) is 3.36. The summed E-state index contributed by atoms with van der Waals surface area (Å²) >= 11 is 0. The Morgan fingerprint density at radius 3 is 2.62 bits per heavy atom. The highest BCUT2D eigenvalue weighted by Gasteiger charge is 2.24. The van der Waals surface area contributed by atoms with E-state index in [4.69, 9.17) is 0 Å². The molecule has 1 saturated heterocycles. The number of piperazine rings is 1. The van der Waals surface area contributed by atoms with E-state index in [1.54, 1.807) is 0 Å². The van der Waals surface area contributed by atoms with Crippen LogP contribution < -0.4 is 10.2 Å². The molecule has 0 atom stereocenters. The molecule has 0 saturated carbocycles. The Balaban J connectivity index is 1.37. The van der Waals surface area contributed by atoms with Gasteiger partial charge < -0.3 is 15.1 Å². The van der Waals surface area contributed by atoms with Crippen LogP contribution in [0.1, 0.15) is 11.1 Å². The number of H-pyrrole nitrogens is 1. The standard InChI is InChI=1S/C25H25F2N7/c1-33-8-10-34(11-9-33)17-4-2-15(3-5-17)23-24-20(31-32-23)14-29-25(30-24)21-19(26)12-16-6-7-28-13-18(16)22(21)27/h2-5,12,14,28H,6-11,13H2,1H3,(H,31,32). The first kappa shape index (κ1) is 21.1. The van der Waals surface area contributed by atoms with Crippen LogP contribution in [0.25, 0.3) is 33.7 Å². The lowest BCUT2D eigenvalue weighted by atomic mass is 9.96. The van der Waals surface area contributed by atoms with E-state index in [9.17, 15) is 4.39 Å². The molecule has 0 unspecified atom stereocenters. The summed E-state index contributed by atoms with van der Waals surface area (Å²) in [6.45, 7) is 5.14. The van der Waals surface area contributed by atoms with Crippen LogP contribution in [-0.4, -0.2) is 64.8 Å². The third-order valence-corrected chi connectivity index (χ3v) is 6.82. The molecule has 2 aliphatic heterocycles. The SMILES string of the molecule is CN1CCN(c2ccc(-c3n[nH]c4cnc(-c5c(F)cc6c(c5F)CNCC6)nc34)cc2)CC1. The van der Waals surface area contributed by atoms with Crippen molar-refractivity contribution in [2.24, 2.45) is 0 Å². The van der Waals surface area contributed by atoms with Gasteiger partial charge in [0.25, 0.3) is 0 Å². The Kier molecular flexibility index (Phi) is 5.23. The van der Waals surface area contributed by atoms with E-state index < -0.39 is 11.6 Å². The fourth-order valence-electron chi connectivity index (χ4n) is 4.79. The summed E-state index contributed by atoms with van der Waals surface area (Å²) in [5.74, 6) is -1.21. The maximum atomic E-state index is 15.3. The van der Waals surface area contributed by atoms with Crippen LogP contribution in [0.4, 0.5) is 14.5 Å². The van der Waals surface area contributed by atoms with Crippen molar-refractivity contribution in [1.82, 2.24) is 30.4 Å². The largest absolute Gasteiger partial charge is 0.369 e. The van der Waals surface area contributed by atoms with Gasteiger partial charge >= 0.3 is 0 Å². The molecule has 1 fully saturated rings. The summed E-state index contributed by atoms with van der Waals surface area (Å²) < 4.78 is 30.3. The number of likely N-dealkylation sites (N-methyl/N-ethyl adjacent to an activating group) is 1. The maximum Gasteiger partial charge on any atom is 0.165 e. The van der Waals surface area contributed by atoms with E-state index in [2.05, 4.69) is 54.5 Å². The van der Waals surface area contributed by atoms with Crippen LogP contribution in [0.2, 0.25) is 0 Å². The quantitative estimate of drug-likeness (QED) is 0.488. The number of hydrogen-bond donors (Lipinski definition) is 2. The molecule has 4 heterocycles. The molecule has 2 N–H and O–H groups in total. The highest BCUT2D eigenvalue weighted by atomic mass is 19.1. The molecule has 0 aliphatic carbocycles. The average Bonchev–Trinajstić information content (AvgIpc) is 3.28. The van der Waals surface area contributed by atoms with E-state index in [-0.39, 0.29) is 11.4 Å². The normalized spacial score (nSPS) is 16.7. The van der Waals surface area contributed by atoms with Crippen LogP contribution in [0, 0.1) is 11.6 Å². The zero-order valence-electron chi connectivity index (χ0n) is 18.9. The maximum absolute atomic E-state index is 15.3. The van der Waals surface area contributed by atoms with Crippen LogP contribution in [0.15, 0.2) is 36.5 Å². The number of nitrogens with one attached hydrogen (secondary N) is 2. The number of aromatic nitrogens is 4. The van der Waals surface area contributed by atoms with Gasteiger partial charge in [0.15, 0.2) is 5.82 Å². The molecule has 2 aliphatic rings.